The average molecular weight is 394 g/mol. The molecule has 0 aromatic heterocycles. The van der Waals surface area contributed by atoms with Gasteiger partial charge in [-0.05, 0) is 18.1 Å². The zero-order chi connectivity index (χ0) is 19.7. The monoisotopic (exact) mass is 394 g/mol. The van der Waals surface area contributed by atoms with Crippen molar-refractivity contribution in [2.24, 2.45) is 0 Å². The molecule has 27 heavy (non-hydrogen) atoms. The Kier molecular flexibility index (Phi) is 8.31. The molecule has 2 atom stereocenters. The number of benzene rings is 2. The standard InChI is InChI=1S/C19H23O7P/c1-15(20)19(22)18(21)14-26-27(23,24-12-16-8-4-2-5-9-16)25-13-17-10-6-3-7-11-17/h2-11,18-19,21-22H,12-14H2,1H3. The third-order valence-electron chi connectivity index (χ3n) is 3.65. The molecule has 0 heterocycles. The molecule has 0 amide bonds. The van der Waals surface area contributed by atoms with Crippen LogP contribution < -0.4 is 0 Å². The maximum absolute atomic E-state index is 12.9. The van der Waals surface area contributed by atoms with Crippen molar-refractivity contribution in [3.05, 3.63) is 71.8 Å². The molecule has 2 rings (SSSR count). The highest BCUT2D eigenvalue weighted by molar-refractivity contribution is 7.48. The number of phosphoric acid groups is 1. The predicted molar refractivity (Wildman–Crippen MR) is 98.7 cm³/mol. The highest BCUT2D eigenvalue weighted by Gasteiger charge is 2.31. The quantitative estimate of drug-likeness (QED) is 0.565. The molecule has 0 saturated carbocycles. The van der Waals surface area contributed by atoms with E-state index < -0.39 is 32.4 Å². The van der Waals surface area contributed by atoms with Gasteiger partial charge in [-0.2, -0.15) is 0 Å². The van der Waals surface area contributed by atoms with Crippen LogP contribution in [0, 0.1) is 0 Å². The minimum Gasteiger partial charge on any atom is -0.388 e. The van der Waals surface area contributed by atoms with E-state index in [1.807, 2.05) is 36.4 Å². The summed E-state index contributed by atoms with van der Waals surface area (Å²) in [5.41, 5.74) is 1.52. The van der Waals surface area contributed by atoms with Gasteiger partial charge in [-0.15, -0.1) is 0 Å². The van der Waals surface area contributed by atoms with Crippen molar-refractivity contribution in [3.8, 4) is 0 Å². The fraction of sp³-hybridized carbons (Fsp3) is 0.316. The molecular formula is C19H23O7P. The molecular weight excluding hydrogens is 371 g/mol. The van der Waals surface area contributed by atoms with E-state index in [2.05, 4.69) is 0 Å². The third kappa shape index (κ3) is 7.34. The molecule has 146 valence electrons. The average Bonchev–Trinajstić information content (AvgIpc) is 2.70. The number of aliphatic hydroxyl groups is 2. The number of carbonyl (C=O) groups excluding carboxylic acids is 1. The molecule has 8 heteroatoms. The van der Waals surface area contributed by atoms with Crippen molar-refractivity contribution in [1.82, 2.24) is 0 Å². The smallest absolute Gasteiger partial charge is 0.388 e. The Morgan fingerprint density at radius 1 is 0.889 bits per heavy atom. The van der Waals surface area contributed by atoms with E-state index in [1.54, 1.807) is 24.3 Å². The van der Waals surface area contributed by atoms with Crippen LogP contribution in [0.25, 0.3) is 0 Å². The summed E-state index contributed by atoms with van der Waals surface area (Å²) in [5.74, 6) is -0.628. The molecule has 0 saturated heterocycles. The second-order valence-corrected chi connectivity index (χ2v) is 7.55. The van der Waals surface area contributed by atoms with E-state index >= 15 is 0 Å². The van der Waals surface area contributed by atoms with Crippen molar-refractivity contribution in [1.29, 1.82) is 0 Å². The number of phosphoric ester groups is 1. The van der Waals surface area contributed by atoms with Gasteiger partial charge < -0.3 is 10.2 Å². The largest absolute Gasteiger partial charge is 0.475 e. The van der Waals surface area contributed by atoms with E-state index in [9.17, 15) is 19.6 Å². The Morgan fingerprint density at radius 3 is 1.74 bits per heavy atom. The van der Waals surface area contributed by atoms with E-state index in [0.29, 0.717) is 0 Å². The van der Waals surface area contributed by atoms with Gasteiger partial charge in [0.25, 0.3) is 0 Å². The zero-order valence-corrected chi connectivity index (χ0v) is 15.8. The van der Waals surface area contributed by atoms with Gasteiger partial charge in [-0.1, -0.05) is 60.7 Å². The number of rotatable bonds is 11. The first-order chi connectivity index (χ1) is 12.9. The summed E-state index contributed by atoms with van der Waals surface area (Å²) < 4.78 is 28.8. The van der Waals surface area contributed by atoms with Crippen LogP contribution in [0.5, 0.6) is 0 Å². The SMILES string of the molecule is CC(=O)C(O)C(O)COP(=O)(OCc1ccccc1)OCc1ccccc1. The summed E-state index contributed by atoms with van der Waals surface area (Å²) in [6.45, 7) is 0.489. The normalized spacial score (nSPS) is 13.9. The van der Waals surface area contributed by atoms with E-state index in [1.165, 1.54) is 0 Å². The highest BCUT2D eigenvalue weighted by atomic mass is 31.2. The first-order valence-electron chi connectivity index (χ1n) is 8.38. The Labute approximate surface area is 158 Å². The van der Waals surface area contributed by atoms with E-state index in [0.717, 1.165) is 18.1 Å². The van der Waals surface area contributed by atoms with Crippen molar-refractivity contribution in [2.75, 3.05) is 6.61 Å². The Balaban J connectivity index is 2.01. The van der Waals surface area contributed by atoms with Crippen LogP contribution in [0.15, 0.2) is 60.7 Å². The van der Waals surface area contributed by atoms with Gasteiger partial charge in [0, 0.05) is 0 Å². The molecule has 2 aromatic rings. The topological polar surface area (TPSA) is 102 Å². The molecule has 2 unspecified atom stereocenters. The van der Waals surface area contributed by atoms with Gasteiger partial charge >= 0.3 is 7.82 Å². The molecule has 2 aromatic carbocycles. The molecule has 2 N–H and O–H groups in total. The highest BCUT2D eigenvalue weighted by Crippen LogP contribution is 2.51. The first kappa shape index (κ1) is 21.4. The lowest BCUT2D eigenvalue weighted by Crippen LogP contribution is -2.35. The molecule has 0 aliphatic rings. The minimum absolute atomic E-state index is 0.0295. The number of hydrogen-bond donors (Lipinski definition) is 2. The summed E-state index contributed by atoms with van der Waals surface area (Å²) in [4.78, 5) is 11.1. The third-order valence-corrected chi connectivity index (χ3v) is 5.00. The zero-order valence-electron chi connectivity index (χ0n) is 14.9. The number of ketones is 1. The van der Waals surface area contributed by atoms with Gasteiger partial charge in [-0.25, -0.2) is 4.57 Å². The maximum Gasteiger partial charge on any atom is 0.475 e. The summed E-state index contributed by atoms with van der Waals surface area (Å²) in [6.07, 6.45) is -3.18. The van der Waals surface area contributed by atoms with Crippen molar-refractivity contribution in [2.45, 2.75) is 32.3 Å². The van der Waals surface area contributed by atoms with Crippen molar-refractivity contribution < 1.29 is 33.1 Å². The van der Waals surface area contributed by atoms with Crippen LogP contribution in [0.3, 0.4) is 0 Å². The van der Waals surface area contributed by atoms with Crippen LogP contribution >= 0.6 is 7.82 Å². The molecule has 0 aliphatic carbocycles. The molecule has 0 spiro atoms. The summed E-state index contributed by atoms with van der Waals surface area (Å²) >= 11 is 0. The van der Waals surface area contributed by atoms with Gasteiger partial charge in [0.15, 0.2) is 5.78 Å². The fourth-order valence-corrected chi connectivity index (χ4v) is 3.27. The molecule has 0 aliphatic heterocycles. The van der Waals surface area contributed by atoms with Crippen LogP contribution in [-0.4, -0.2) is 34.8 Å². The Morgan fingerprint density at radius 2 is 1.33 bits per heavy atom. The number of hydrogen-bond acceptors (Lipinski definition) is 7. The number of aliphatic hydroxyl groups excluding tert-OH is 2. The Hall–Kier alpha value is -1.86. The summed E-state index contributed by atoms with van der Waals surface area (Å²) in [6, 6.07) is 18.1. The first-order valence-corrected chi connectivity index (χ1v) is 9.84. The number of carbonyl (C=O) groups is 1. The maximum atomic E-state index is 12.9. The lowest BCUT2D eigenvalue weighted by molar-refractivity contribution is -0.132. The lowest BCUT2D eigenvalue weighted by atomic mass is 10.1. The van der Waals surface area contributed by atoms with E-state index in [-0.39, 0.29) is 13.2 Å². The van der Waals surface area contributed by atoms with Crippen LogP contribution in [-0.2, 0) is 36.1 Å². The molecule has 7 nitrogen and oxygen atoms in total. The predicted octanol–water partition coefficient (Wildman–Crippen LogP) is 2.86. The lowest BCUT2D eigenvalue weighted by Gasteiger charge is -2.21. The van der Waals surface area contributed by atoms with Gasteiger partial charge in [0.05, 0.1) is 19.8 Å². The van der Waals surface area contributed by atoms with Gasteiger partial charge in [-0.3, -0.25) is 18.4 Å². The second kappa shape index (κ2) is 10.5. The van der Waals surface area contributed by atoms with Crippen LogP contribution in [0.1, 0.15) is 18.1 Å². The van der Waals surface area contributed by atoms with E-state index in [4.69, 9.17) is 13.6 Å². The van der Waals surface area contributed by atoms with Gasteiger partial charge in [0.1, 0.15) is 12.2 Å². The fourth-order valence-electron chi connectivity index (χ4n) is 2.10. The van der Waals surface area contributed by atoms with Gasteiger partial charge in [0.2, 0.25) is 0 Å². The summed E-state index contributed by atoms with van der Waals surface area (Å²) in [5, 5.41) is 19.4. The van der Waals surface area contributed by atoms with Crippen molar-refractivity contribution in [3.63, 3.8) is 0 Å². The Bertz CT molecular complexity index is 704. The van der Waals surface area contributed by atoms with Crippen molar-refractivity contribution >= 4 is 13.6 Å². The second-order valence-electron chi connectivity index (χ2n) is 5.88. The number of Topliss-reactive ketones (excluding diaryl/α,β-unsaturated/α-hetero) is 1. The van der Waals surface area contributed by atoms with Crippen LogP contribution in [0.4, 0.5) is 0 Å². The molecule has 0 fully saturated rings. The molecule has 0 radical (unpaired) electrons. The minimum atomic E-state index is -4.06. The molecule has 0 bridgehead atoms. The van der Waals surface area contributed by atoms with Crippen LogP contribution in [0.2, 0.25) is 0 Å². The summed E-state index contributed by atoms with van der Waals surface area (Å²) in [7, 11) is -4.06.